The lowest BCUT2D eigenvalue weighted by Crippen LogP contribution is -2.11. The van der Waals surface area contributed by atoms with Crippen molar-refractivity contribution in [1.29, 1.82) is 0 Å². The van der Waals surface area contributed by atoms with Crippen molar-refractivity contribution in [3.05, 3.63) is 52.9 Å². The van der Waals surface area contributed by atoms with Gasteiger partial charge in [-0.05, 0) is 34.1 Å². The second kappa shape index (κ2) is 4.99. The molecule has 0 fully saturated rings. The molecule has 0 atom stereocenters. The number of Topliss-reactive ketones (excluding diaryl/α,β-unsaturated/α-hetero) is 1. The molecule has 4 heteroatoms. The number of halogens is 1. The molecule has 0 aliphatic rings. The Balaban J connectivity index is 1.97. The molecule has 0 amide bonds. The van der Waals surface area contributed by atoms with E-state index in [1.54, 1.807) is 18.2 Å². The van der Waals surface area contributed by atoms with E-state index in [9.17, 15) is 4.79 Å². The maximum atomic E-state index is 11.7. The van der Waals surface area contributed by atoms with Gasteiger partial charge < -0.3 is 9.15 Å². The SMILES string of the molecule is O=C(COc1ccccc1)c1occc1Br. The van der Waals surface area contributed by atoms with Crippen LogP contribution in [-0.2, 0) is 0 Å². The second-order valence-electron chi connectivity index (χ2n) is 3.12. The summed E-state index contributed by atoms with van der Waals surface area (Å²) in [6.07, 6.45) is 1.46. The molecule has 16 heavy (non-hydrogen) atoms. The third-order valence-electron chi connectivity index (χ3n) is 1.98. The maximum absolute atomic E-state index is 11.7. The van der Waals surface area contributed by atoms with Gasteiger partial charge in [-0.1, -0.05) is 18.2 Å². The summed E-state index contributed by atoms with van der Waals surface area (Å²) in [6, 6.07) is 10.9. The van der Waals surface area contributed by atoms with Gasteiger partial charge in [-0.25, -0.2) is 0 Å². The van der Waals surface area contributed by atoms with Crippen LogP contribution in [0.2, 0.25) is 0 Å². The lowest BCUT2D eigenvalue weighted by Gasteiger charge is -2.03. The number of hydrogen-bond acceptors (Lipinski definition) is 3. The van der Waals surface area contributed by atoms with Crippen molar-refractivity contribution < 1.29 is 13.9 Å². The molecule has 1 aromatic heterocycles. The smallest absolute Gasteiger partial charge is 0.236 e. The van der Waals surface area contributed by atoms with Gasteiger partial charge in [0.25, 0.3) is 0 Å². The molecule has 0 radical (unpaired) electrons. The lowest BCUT2D eigenvalue weighted by molar-refractivity contribution is 0.0892. The first kappa shape index (κ1) is 11.0. The molecule has 1 heterocycles. The van der Waals surface area contributed by atoms with Gasteiger partial charge in [-0.15, -0.1) is 0 Å². The highest BCUT2D eigenvalue weighted by atomic mass is 79.9. The molecule has 0 N–H and O–H groups in total. The van der Waals surface area contributed by atoms with Crippen molar-refractivity contribution in [2.75, 3.05) is 6.61 Å². The van der Waals surface area contributed by atoms with Crippen LogP contribution >= 0.6 is 15.9 Å². The summed E-state index contributed by atoms with van der Waals surface area (Å²) < 4.78 is 11.0. The number of ketones is 1. The first-order valence-corrected chi connectivity index (χ1v) is 5.50. The summed E-state index contributed by atoms with van der Waals surface area (Å²) in [7, 11) is 0. The number of carbonyl (C=O) groups excluding carboxylic acids is 1. The number of ether oxygens (including phenoxy) is 1. The number of para-hydroxylation sites is 1. The zero-order valence-corrected chi connectivity index (χ0v) is 9.94. The maximum Gasteiger partial charge on any atom is 0.236 e. The number of benzene rings is 1. The average molecular weight is 281 g/mol. The van der Waals surface area contributed by atoms with Gasteiger partial charge in [0.2, 0.25) is 5.78 Å². The molecule has 0 aliphatic heterocycles. The van der Waals surface area contributed by atoms with E-state index in [4.69, 9.17) is 9.15 Å². The number of furan rings is 1. The van der Waals surface area contributed by atoms with Crippen LogP contribution in [0.25, 0.3) is 0 Å². The monoisotopic (exact) mass is 280 g/mol. The van der Waals surface area contributed by atoms with Crippen LogP contribution in [0.1, 0.15) is 10.6 Å². The van der Waals surface area contributed by atoms with Crippen LogP contribution in [-0.4, -0.2) is 12.4 Å². The summed E-state index contributed by atoms with van der Waals surface area (Å²) in [4.78, 5) is 11.7. The molecule has 0 spiro atoms. The van der Waals surface area contributed by atoms with Crippen molar-refractivity contribution in [3.63, 3.8) is 0 Å². The average Bonchev–Trinajstić information content (AvgIpc) is 2.74. The first-order valence-electron chi connectivity index (χ1n) is 4.71. The van der Waals surface area contributed by atoms with Crippen LogP contribution in [0, 0.1) is 0 Å². The van der Waals surface area contributed by atoms with E-state index >= 15 is 0 Å². The van der Waals surface area contributed by atoms with E-state index in [1.807, 2.05) is 18.2 Å². The Hall–Kier alpha value is -1.55. The fraction of sp³-hybridized carbons (Fsp3) is 0.0833. The Bertz CT molecular complexity index is 476. The quantitative estimate of drug-likeness (QED) is 0.807. The standard InChI is InChI=1S/C12H9BrO3/c13-10-6-7-15-12(10)11(14)8-16-9-4-2-1-3-5-9/h1-7H,8H2. The third kappa shape index (κ3) is 2.52. The summed E-state index contributed by atoms with van der Waals surface area (Å²) in [6.45, 7) is -0.0316. The Morgan fingerprint density at radius 2 is 2.00 bits per heavy atom. The van der Waals surface area contributed by atoms with Crippen LogP contribution in [0.15, 0.2) is 51.6 Å². The molecule has 0 saturated heterocycles. The van der Waals surface area contributed by atoms with Gasteiger partial charge in [0.1, 0.15) is 5.75 Å². The topological polar surface area (TPSA) is 39.4 Å². The summed E-state index contributed by atoms with van der Waals surface area (Å²) in [5.41, 5.74) is 0. The number of carbonyl (C=O) groups is 1. The van der Waals surface area contributed by atoms with Crippen LogP contribution in [0.5, 0.6) is 5.75 Å². The number of rotatable bonds is 4. The van der Waals surface area contributed by atoms with Gasteiger partial charge in [0.15, 0.2) is 12.4 Å². The highest BCUT2D eigenvalue weighted by Crippen LogP contribution is 2.18. The van der Waals surface area contributed by atoms with Crippen molar-refractivity contribution >= 4 is 21.7 Å². The van der Waals surface area contributed by atoms with E-state index in [0.29, 0.717) is 10.2 Å². The lowest BCUT2D eigenvalue weighted by atomic mass is 10.3. The minimum atomic E-state index is -0.194. The Morgan fingerprint density at radius 1 is 1.25 bits per heavy atom. The fourth-order valence-corrected chi connectivity index (χ4v) is 1.65. The highest BCUT2D eigenvalue weighted by Gasteiger charge is 2.14. The zero-order valence-electron chi connectivity index (χ0n) is 8.35. The molecule has 0 bridgehead atoms. The fourth-order valence-electron chi connectivity index (χ4n) is 1.22. The third-order valence-corrected chi connectivity index (χ3v) is 2.61. The van der Waals surface area contributed by atoms with E-state index in [2.05, 4.69) is 15.9 Å². The minimum Gasteiger partial charge on any atom is -0.485 e. The highest BCUT2D eigenvalue weighted by molar-refractivity contribution is 9.10. The summed E-state index contributed by atoms with van der Waals surface area (Å²) in [5, 5.41) is 0. The second-order valence-corrected chi connectivity index (χ2v) is 3.98. The van der Waals surface area contributed by atoms with Gasteiger partial charge in [-0.2, -0.15) is 0 Å². The minimum absolute atomic E-state index is 0.0316. The molecular formula is C12H9BrO3. The first-order chi connectivity index (χ1) is 7.77. The molecule has 82 valence electrons. The molecule has 0 aliphatic carbocycles. The molecule has 2 aromatic rings. The van der Waals surface area contributed by atoms with Gasteiger partial charge in [0.05, 0.1) is 10.7 Å². The molecule has 1 aromatic carbocycles. The van der Waals surface area contributed by atoms with Crippen molar-refractivity contribution in [2.45, 2.75) is 0 Å². The Morgan fingerprint density at radius 3 is 2.62 bits per heavy atom. The van der Waals surface area contributed by atoms with E-state index < -0.39 is 0 Å². The zero-order chi connectivity index (χ0) is 11.4. The number of hydrogen-bond donors (Lipinski definition) is 0. The van der Waals surface area contributed by atoms with Gasteiger partial charge >= 0.3 is 0 Å². The van der Waals surface area contributed by atoms with Crippen molar-refractivity contribution in [2.24, 2.45) is 0 Å². The van der Waals surface area contributed by atoms with E-state index in [0.717, 1.165) is 0 Å². The largest absolute Gasteiger partial charge is 0.485 e. The molecule has 2 rings (SSSR count). The van der Waals surface area contributed by atoms with Gasteiger partial charge in [-0.3, -0.25) is 4.79 Å². The van der Waals surface area contributed by atoms with Crippen LogP contribution in [0.3, 0.4) is 0 Å². The molecule has 0 saturated carbocycles. The molecule has 0 unspecified atom stereocenters. The van der Waals surface area contributed by atoms with Crippen molar-refractivity contribution in [1.82, 2.24) is 0 Å². The molecular weight excluding hydrogens is 272 g/mol. The van der Waals surface area contributed by atoms with E-state index in [-0.39, 0.29) is 18.2 Å². The predicted molar refractivity (Wildman–Crippen MR) is 62.7 cm³/mol. The summed E-state index contributed by atoms with van der Waals surface area (Å²) in [5.74, 6) is 0.759. The van der Waals surface area contributed by atoms with Crippen LogP contribution in [0.4, 0.5) is 0 Å². The van der Waals surface area contributed by atoms with Crippen LogP contribution < -0.4 is 4.74 Å². The van der Waals surface area contributed by atoms with Gasteiger partial charge in [0, 0.05) is 0 Å². The van der Waals surface area contributed by atoms with E-state index in [1.165, 1.54) is 6.26 Å². The molecule has 3 nitrogen and oxygen atoms in total. The Kier molecular flexibility index (Phi) is 3.41. The summed E-state index contributed by atoms with van der Waals surface area (Å²) >= 11 is 3.22. The normalized spacial score (nSPS) is 10.1. The van der Waals surface area contributed by atoms with Crippen molar-refractivity contribution in [3.8, 4) is 5.75 Å². The predicted octanol–water partition coefficient (Wildman–Crippen LogP) is 3.30. The Labute approximate surface area is 101 Å².